The molecule has 146 valence electrons. The Balaban J connectivity index is 1.83. The second-order valence-electron chi connectivity index (χ2n) is 7.30. The van der Waals surface area contributed by atoms with E-state index in [9.17, 15) is 9.59 Å². The lowest BCUT2D eigenvalue weighted by molar-refractivity contribution is 0.0958. The summed E-state index contributed by atoms with van der Waals surface area (Å²) in [6.07, 6.45) is 1.47. The molecule has 2 aromatic carbocycles. The van der Waals surface area contributed by atoms with Crippen LogP contribution in [0.1, 0.15) is 32.8 Å². The fraction of sp³-hybridized carbons (Fsp3) is 0.167. The molecule has 0 unspecified atom stereocenters. The van der Waals surface area contributed by atoms with Crippen LogP contribution in [0.4, 0.5) is 5.69 Å². The van der Waals surface area contributed by atoms with Gasteiger partial charge in [-0.15, -0.1) is 0 Å². The number of anilines is 1. The molecule has 2 heterocycles. The number of H-pyrrole nitrogens is 1. The minimum atomic E-state index is -0.285. The van der Waals surface area contributed by atoms with E-state index in [4.69, 9.17) is 4.42 Å². The first-order valence-corrected chi connectivity index (χ1v) is 9.48. The molecule has 0 atom stereocenters. The lowest BCUT2D eigenvalue weighted by Gasteiger charge is -2.24. The molecule has 0 saturated heterocycles. The number of hydrogen-bond acceptors (Lipinski definition) is 3. The van der Waals surface area contributed by atoms with Crippen molar-refractivity contribution in [2.45, 2.75) is 27.3 Å². The highest BCUT2D eigenvalue weighted by atomic mass is 16.3. The summed E-state index contributed by atoms with van der Waals surface area (Å²) < 4.78 is 5.34. The molecule has 0 bridgehead atoms. The van der Waals surface area contributed by atoms with Gasteiger partial charge in [-0.25, -0.2) is 0 Å². The molecule has 1 amide bonds. The van der Waals surface area contributed by atoms with Gasteiger partial charge in [-0.2, -0.15) is 0 Å². The molecule has 0 spiro atoms. The van der Waals surface area contributed by atoms with Gasteiger partial charge in [-0.1, -0.05) is 23.8 Å². The number of carbonyl (C=O) groups is 1. The molecule has 0 aliphatic carbocycles. The van der Waals surface area contributed by atoms with Crippen LogP contribution in [0.2, 0.25) is 0 Å². The number of furan rings is 1. The zero-order valence-corrected chi connectivity index (χ0v) is 16.7. The lowest BCUT2D eigenvalue weighted by atomic mass is 10.1. The maximum Gasteiger partial charge on any atom is 0.294 e. The summed E-state index contributed by atoms with van der Waals surface area (Å²) in [6.45, 7) is 6.12. The number of nitrogens with one attached hydrogen (secondary N) is 1. The monoisotopic (exact) mass is 386 g/mol. The molecule has 0 aliphatic rings. The number of fused-ring (bicyclic) bond motifs is 1. The van der Waals surface area contributed by atoms with Crippen LogP contribution in [0.3, 0.4) is 0 Å². The molecule has 29 heavy (non-hydrogen) atoms. The molecular formula is C24H22N2O3. The summed E-state index contributed by atoms with van der Waals surface area (Å²) >= 11 is 0. The van der Waals surface area contributed by atoms with Crippen molar-refractivity contribution in [2.24, 2.45) is 0 Å². The molecule has 0 saturated carbocycles. The Morgan fingerprint density at radius 3 is 2.62 bits per heavy atom. The largest absolute Gasteiger partial charge is 0.459 e. The quantitative estimate of drug-likeness (QED) is 0.543. The zero-order valence-electron chi connectivity index (χ0n) is 16.7. The standard InChI is InChI=1S/C24H22N2O3/c1-15-9-10-20-18(12-15)13-19(23(27)25-20)14-26(24(28)22-8-5-11-29-22)21-7-4-6-16(2)17(21)3/h4-13H,14H2,1-3H3,(H,25,27). The van der Waals surface area contributed by atoms with E-state index in [2.05, 4.69) is 4.98 Å². The Morgan fingerprint density at radius 1 is 1.03 bits per heavy atom. The number of carbonyl (C=O) groups excluding carboxylic acids is 1. The third kappa shape index (κ3) is 3.59. The molecule has 4 aromatic rings. The van der Waals surface area contributed by atoms with E-state index < -0.39 is 0 Å². The van der Waals surface area contributed by atoms with E-state index in [-0.39, 0.29) is 23.8 Å². The summed E-state index contributed by atoms with van der Waals surface area (Å²) in [5, 5.41) is 0.936. The Labute approximate surface area is 168 Å². The van der Waals surface area contributed by atoms with E-state index in [0.717, 1.165) is 33.3 Å². The number of aryl methyl sites for hydroxylation is 2. The lowest BCUT2D eigenvalue weighted by Crippen LogP contribution is -2.33. The van der Waals surface area contributed by atoms with Crippen LogP contribution in [0.25, 0.3) is 10.9 Å². The third-order valence-corrected chi connectivity index (χ3v) is 5.25. The molecule has 5 heteroatoms. The minimum absolute atomic E-state index is 0.142. The van der Waals surface area contributed by atoms with Gasteiger partial charge < -0.3 is 14.3 Å². The Bertz CT molecular complexity index is 1250. The van der Waals surface area contributed by atoms with E-state index in [1.807, 2.05) is 63.2 Å². The van der Waals surface area contributed by atoms with Gasteiger partial charge in [0.15, 0.2) is 5.76 Å². The minimum Gasteiger partial charge on any atom is -0.459 e. The smallest absolute Gasteiger partial charge is 0.294 e. The summed E-state index contributed by atoms with van der Waals surface area (Å²) in [7, 11) is 0. The van der Waals surface area contributed by atoms with Crippen molar-refractivity contribution in [1.29, 1.82) is 0 Å². The van der Waals surface area contributed by atoms with Gasteiger partial charge in [0.25, 0.3) is 11.5 Å². The first-order valence-electron chi connectivity index (χ1n) is 9.48. The van der Waals surface area contributed by atoms with Crippen molar-refractivity contribution >= 4 is 22.5 Å². The number of nitrogens with zero attached hydrogens (tertiary/aromatic N) is 1. The number of hydrogen-bond donors (Lipinski definition) is 1. The van der Waals surface area contributed by atoms with Crippen LogP contribution in [-0.4, -0.2) is 10.9 Å². The van der Waals surface area contributed by atoms with Crippen LogP contribution < -0.4 is 10.5 Å². The summed E-state index contributed by atoms with van der Waals surface area (Å²) in [5.74, 6) is -0.0496. The third-order valence-electron chi connectivity index (χ3n) is 5.25. The fourth-order valence-corrected chi connectivity index (χ4v) is 3.49. The summed E-state index contributed by atoms with van der Waals surface area (Å²) in [6, 6.07) is 16.8. The van der Waals surface area contributed by atoms with Gasteiger partial charge in [0, 0.05) is 16.8 Å². The van der Waals surface area contributed by atoms with Crippen molar-refractivity contribution in [2.75, 3.05) is 4.90 Å². The molecule has 0 fully saturated rings. The second kappa shape index (κ2) is 7.43. The highest BCUT2D eigenvalue weighted by molar-refractivity contribution is 6.04. The summed E-state index contributed by atoms with van der Waals surface area (Å²) in [4.78, 5) is 30.5. The van der Waals surface area contributed by atoms with Gasteiger partial charge in [0.2, 0.25) is 0 Å². The second-order valence-corrected chi connectivity index (χ2v) is 7.30. The molecule has 5 nitrogen and oxygen atoms in total. The molecule has 0 aliphatic heterocycles. The fourth-order valence-electron chi connectivity index (χ4n) is 3.49. The molecule has 0 radical (unpaired) electrons. The normalized spacial score (nSPS) is 11.0. The Kier molecular flexibility index (Phi) is 4.80. The molecule has 2 aromatic heterocycles. The number of pyridine rings is 1. The van der Waals surface area contributed by atoms with Crippen molar-refractivity contribution in [3.8, 4) is 0 Å². The van der Waals surface area contributed by atoms with Crippen LogP contribution in [0.5, 0.6) is 0 Å². The first-order chi connectivity index (χ1) is 13.9. The van der Waals surface area contributed by atoms with Gasteiger partial charge in [0.1, 0.15) is 0 Å². The van der Waals surface area contributed by atoms with Crippen molar-refractivity contribution in [1.82, 2.24) is 4.98 Å². The number of rotatable bonds is 4. The Morgan fingerprint density at radius 2 is 1.86 bits per heavy atom. The highest BCUT2D eigenvalue weighted by Crippen LogP contribution is 2.26. The van der Waals surface area contributed by atoms with Gasteiger partial charge in [-0.3, -0.25) is 9.59 Å². The number of benzene rings is 2. The highest BCUT2D eigenvalue weighted by Gasteiger charge is 2.23. The number of aromatic nitrogens is 1. The van der Waals surface area contributed by atoms with Gasteiger partial charge in [-0.05, 0) is 73.7 Å². The Hall–Kier alpha value is -3.60. The van der Waals surface area contributed by atoms with Crippen molar-refractivity contribution in [3.63, 3.8) is 0 Å². The van der Waals surface area contributed by atoms with Crippen molar-refractivity contribution < 1.29 is 9.21 Å². The predicted molar refractivity (Wildman–Crippen MR) is 114 cm³/mol. The molecular weight excluding hydrogens is 364 g/mol. The predicted octanol–water partition coefficient (Wildman–Crippen LogP) is 4.89. The average molecular weight is 386 g/mol. The maximum atomic E-state index is 13.2. The topological polar surface area (TPSA) is 66.3 Å². The summed E-state index contributed by atoms with van der Waals surface area (Å²) in [5.41, 5.74) is 5.01. The number of amides is 1. The molecule has 4 rings (SSSR count). The van der Waals surface area contributed by atoms with Crippen LogP contribution >= 0.6 is 0 Å². The van der Waals surface area contributed by atoms with Crippen molar-refractivity contribution in [3.05, 3.63) is 99.2 Å². The van der Waals surface area contributed by atoms with E-state index in [1.54, 1.807) is 17.0 Å². The molecule has 1 N–H and O–H groups in total. The van der Waals surface area contributed by atoms with Crippen LogP contribution in [0, 0.1) is 20.8 Å². The van der Waals surface area contributed by atoms with E-state index in [1.165, 1.54) is 6.26 Å². The average Bonchev–Trinajstić information content (AvgIpc) is 3.23. The first kappa shape index (κ1) is 18.7. The van der Waals surface area contributed by atoms with Crippen LogP contribution in [0.15, 0.2) is 70.1 Å². The number of aromatic amines is 1. The van der Waals surface area contributed by atoms with E-state index in [0.29, 0.717) is 5.56 Å². The van der Waals surface area contributed by atoms with Gasteiger partial charge >= 0.3 is 0 Å². The maximum absolute atomic E-state index is 13.2. The SMILES string of the molecule is Cc1ccc2[nH]c(=O)c(CN(C(=O)c3ccco3)c3cccc(C)c3C)cc2c1. The zero-order chi connectivity index (χ0) is 20.5. The van der Waals surface area contributed by atoms with Gasteiger partial charge in [0.05, 0.1) is 12.8 Å². The van der Waals surface area contributed by atoms with E-state index >= 15 is 0 Å². The van der Waals surface area contributed by atoms with Crippen LogP contribution in [-0.2, 0) is 6.54 Å².